The molecule has 9 heteroatoms. The summed E-state index contributed by atoms with van der Waals surface area (Å²) in [7, 11) is -4.09. The van der Waals surface area contributed by atoms with Crippen molar-refractivity contribution in [1.29, 1.82) is 0 Å². The van der Waals surface area contributed by atoms with Crippen LogP contribution in [0.25, 0.3) is 11.1 Å². The van der Waals surface area contributed by atoms with Crippen molar-refractivity contribution >= 4 is 13.4 Å². The summed E-state index contributed by atoms with van der Waals surface area (Å²) in [5.41, 5.74) is 1.43. The molecule has 0 aliphatic carbocycles. The highest BCUT2D eigenvalue weighted by atomic mass is 31.2. The molecule has 3 heterocycles. The van der Waals surface area contributed by atoms with E-state index >= 15 is 0 Å². The molecule has 118 valence electrons. The number of fused-ring (bicyclic) bond motifs is 7. The van der Waals surface area contributed by atoms with Crippen LogP contribution in [0.3, 0.4) is 0 Å². The molecule has 0 saturated heterocycles. The zero-order chi connectivity index (χ0) is 15.6. The summed E-state index contributed by atoms with van der Waals surface area (Å²) in [5.74, 6) is 2.18. The molecule has 0 amide bonds. The minimum Gasteiger partial charge on any atom is -0.454 e. The van der Waals surface area contributed by atoms with Crippen LogP contribution < -0.4 is 28.6 Å². The van der Waals surface area contributed by atoms with Crippen molar-refractivity contribution in [3.63, 3.8) is 0 Å². The Labute approximate surface area is 130 Å². The quantitative estimate of drug-likeness (QED) is 0.710. The van der Waals surface area contributed by atoms with E-state index in [0.29, 0.717) is 39.8 Å². The van der Waals surface area contributed by atoms with Crippen LogP contribution in [-0.2, 0) is 4.57 Å². The molecular weight excluding hydrogens is 325 g/mol. The Morgan fingerprint density at radius 2 is 1.48 bits per heavy atom. The predicted molar refractivity (Wildman–Crippen MR) is 78.2 cm³/mol. The fourth-order valence-corrected chi connectivity index (χ4v) is 3.84. The lowest BCUT2D eigenvalue weighted by Crippen LogP contribution is -2.00. The standard InChI is InChI=1S/C14H10NO7P/c16-23(17)15-7-1-2-9-13(20-5-18-9)11(7)12-8(22-23)3-4-10-14(12)21-6-19-10/h1-4H,5-6H2,(H2,15,16,17). The van der Waals surface area contributed by atoms with Crippen LogP contribution in [0.5, 0.6) is 28.7 Å². The van der Waals surface area contributed by atoms with Crippen LogP contribution >= 0.6 is 7.75 Å². The molecule has 0 aromatic heterocycles. The normalized spacial score (nSPS) is 22.5. The van der Waals surface area contributed by atoms with Crippen LogP contribution in [-0.4, -0.2) is 18.5 Å². The first kappa shape index (κ1) is 12.9. The summed E-state index contributed by atoms with van der Waals surface area (Å²) in [6.07, 6.45) is 0. The van der Waals surface area contributed by atoms with Crippen molar-refractivity contribution in [1.82, 2.24) is 0 Å². The highest BCUT2D eigenvalue weighted by molar-refractivity contribution is 7.55. The minimum atomic E-state index is -4.09. The molecular formula is C14H10NO7P. The first-order chi connectivity index (χ1) is 11.1. The molecule has 23 heavy (non-hydrogen) atoms. The molecule has 0 saturated carbocycles. The van der Waals surface area contributed by atoms with Gasteiger partial charge in [-0.05, 0) is 24.3 Å². The van der Waals surface area contributed by atoms with Crippen molar-refractivity contribution in [3.05, 3.63) is 24.3 Å². The van der Waals surface area contributed by atoms with E-state index in [4.69, 9.17) is 23.5 Å². The number of rotatable bonds is 0. The molecule has 0 radical (unpaired) electrons. The fraction of sp³-hybridized carbons (Fsp3) is 0.143. The van der Waals surface area contributed by atoms with Gasteiger partial charge < -0.3 is 23.5 Å². The Balaban J connectivity index is 1.90. The van der Waals surface area contributed by atoms with E-state index in [0.717, 1.165) is 0 Å². The lowest BCUT2D eigenvalue weighted by Gasteiger charge is -2.12. The van der Waals surface area contributed by atoms with Gasteiger partial charge >= 0.3 is 7.75 Å². The van der Waals surface area contributed by atoms with E-state index in [2.05, 4.69) is 5.09 Å². The Bertz CT molecular complexity index is 828. The minimum absolute atomic E-state index is 0.0672. The summed E-state index contributed by atoms with van der Waals surface area (Å²) >= 11 is 0. The predicted octanol–water partition coefficient (Wildman–Crippen LogP) is 2.72. The molecule has 0 bridgehead atoms. The van der Waals surface area contributed by atoms with E-state index < -0.39 is 7.75 Å². The molecule has 3 aliphatic rings. The molecule has 8 nitrogen and oxygen atoms in total. The average molecular weight is 335 g/mol. The monoisotopic (exact) mass is 335 g/mol. The lowest BCUT2D eigenvalue weighted by atomic mass is 9.99. The maximum atomic E-state index is 12.3. The first-order valence-corrected chi connectivity index (χ1v) is 8.36. The van der Waals surface area contributed by atoms with Gasteiger partial charge in [-0.25, -0.2) is 4.57 Å². The second-order valence-electron chi connectivity index (χ2n) is 5.12. The van der Waals surface area contributed by atoms with Crippen LogP contribution in [0.4, 0.5) is 5.69 Å². The Morgan fingerprint density at radius 3 is 2.22 bits per heavy atom. The molecule has 3 aliphatic heterocycles. The highest BCUT2D eigenvalue weighted by Crippen LogP contribution is 2.61. The summed E-state index contributed by atoms with van der Waals surface area (Å²) in [6.45, 7) is 0.142. The SMILES string of the molecule is O=P1(O)Nc2ccc3c(c2-c2c(ccc4c2OCO4)O1)OCO3. The van der Waals surface area contributed by atoms with Crippen LogP contribution in [0.15, 0.2) is 24.3 Å². The maximum Gasteiger partial charge on any atom is 0.483 e. The second-order valence-corrected chi connectivity index (χ2v) is 6.56. The Kier molecular flexibility index (Phi) is 2.39. The smallest absolute Gasteiger partial charge is 0.454 e. The van der Waals surface area contributed by atoms with Crippen molar-refractivity contribution in [3.8, 4) is 39.9 Å². The summed E-state index contributed by atoms with van der Waals surface area (Å²) in [4.78, 5) is 10.0. The Morgan fingerprint density at radius 1 is 0.870 bits per heavy atom. The number of ether oxygens (including phenoxy) is 4. The summed E-state index contributed by atoms with van der Waals surface area (Å²) < 4.78 is 39.4. The van der Waals surface area contributed by atoms with Crippen LogP contribution in [0, 0.1) is 0 Å². The molecule has 2 N–H and O–H groups in total. The average Bonchev–Trinajstić information content (AvgIpc) is 3.13. The van der Waals surface area contributed by atoms with Crippen LogP contribution in [0.2, 0.25) is 0 Å². The van der Waals surface area contributed by atoms with Gasteiger partial charge in [-0.15, -0.1) is 0 Å². The van der Waals surface area contributed by atoms with Gasteiger partial charge in [-0.1, -0.05) is 0 Å². The molecule has 2 aromatic carbocycles. The van der Waals surface area contributed by atoms with Gasteiger partial charge in [0.2, 0.25) is 13.6 Å². The molecule has 5 rings (SSSR count). The third-order valence-corrected chi connectivity index (χ3v) is 4.74. The number of anilines is 1. The third-order valence-electron chi connectivity index (χ3n) is 3.77. The van der Waals surface area contributed by atoms with Crippen molar-refractivity contribution < 1.29 is 32.9 Å². The molecule has 1 unspecified atom stereocenters. The van der Waals surface area contributed by atoms with Gasteiger partial charge in [0.05, 0.1) is 16.8 Å². The van der Waals surface area contributed by atoms with Gasteiger partial charge in [0.15, 0.2) is 23.0 Å². The van der Waals surface area contributed by atoms with Gasteiger partial charge in [0, 0.05) is 0 Å². The third kappa shape index (κ3) is 1.79. The fourth-order valence-electron chi connectivity index (χ4n) is 2.89. The van der Waals surface area contributed by atoms with Crippen molar-refractivity contribution in [2.45, 2.75) is 0 Å². The first-order valence-electron chi connectivity index (χ1n) is 6.79. The zero-order valence-electron chi connectivity index (χ0n) is 11.6. The number of nitrogens with one attached hydrogen (secondary N) is 1. The number of hydrogen-bond acceptors (Lipinski definition) is 6. The molecule has 2 aromatic rings. The van der Waals surface area contributed by atoms with Gasteiger partial charge in [0.25, 0.3) is 0 Å². The summed E-state index contributed by atoms with van der Waals surface area (Å²) in [5, 5.41) is 2.52. The van der Waals surface area contributed by atoms with Crippen LogP contribution in [0.1, 0.15) is 0 Å². The van der Waals surface area contributed by atoms with Gasteiger partial charge in [-0.3, -0.25) is 9.98 Å². The van der Waals surface area contributed by atoms with E-state index in [9.17, 15) is 9.46 Å². The number of benzene rings is 2. The molecule has 0 fully saturated rings. The van der Waals surface area contributed by atoms with Crippen molar-refractivity contribution in [2.24, 2.45) is 0 Å². The van der Waals surface area contributed by atoms with E-state index in [1.54, 1.807) is 24.3 Å². The van der Waals surface area contributed by atoms with Crippen molar-refractivity contribution in [2.75, 3.05) is 18.7 Å². The van der Waals surface area contributed by atoms with E-state index in [-0.39, 0.29) is 19.3 Å². The largest absolute Gasteiger partial charge is 0.483 e. The second kappa shape index (κ2) is 4.24. The van der Waals surface area contributed by atoms with Gasteiger partial charge in [-0.2, -0.15) is 0 Å². The Hall–Kier alpha value is -2.57. The zero-order valence-corrected chi connectivity index (χ0v) is 12.5. The topological polar surface area (TPSA) is 95.5 Å². The number of hydrogen-bond donors (Lipinski definition) is 2. The van der Waals surface area contributed by atoms with E-state index in [1.165, 1.54) is 0 Å². The lowest BCUT2D eigenvalue weighted by molar-refractivity contribution is 0.173. The molecule has 1 atom stereocenters. The van der Waals surface area contributed by atoms with E-state index in [1.807, 2.05) is 0 Å². The molecule has 0 spiro atoms. The van der Waals surface area contributed by atoms with Gasteiger partial charge in [0.1, 0.15) is 5.75 Å². The summed E-state index contributed by atoms with van der Waals surface area (Å²) in [6, 6.07) is 6.50. The highest BCUT2D eigenvalue weighted by Gasteiger charge is 2.37. The maximum absolute atomic E-state index is 12.3.